The summed E-state index contributed by atoms with van der Waals surface area (Å²) in [5.41, 5.74) is -2.42. The molecule has 0 atom stereocenters. The molecule has 1 fully saturated rings. The van der Waals surface area contributed by atoms with E-state index in [2.05, 4.69) is 0 Å². The molecule has 0 amide bonds. The molecule has 29 heavy (non-hydrogen) atoms. The van der Waals surface area contributed by atoms with Crippen LogP contribution in [0.2, 0.25) is 0 Å². The molecule has 0 radical (unpaired) electrons. The van der Waals surface area contributed by atoms with E-state index in [0.717, 1.165) is 33.3 Å². The molecule has 0 N–H and O–H groups in total. The monoisotopic (exact) mass is 411 g/mol. The quantitative estimate of drug-likeness (QED) is 0.406. The standard InChI is InChI=1S/C18H25N3O8/c1-19-8-9-20(2)18(19)10(14(22)26-4)12(16(24)28-6)21(3)13(17(25)29-7)11(18)15(23)27-5/h8-9H2,1-7H3. The number of ether oxygens (including phenoxy) is 4. The summed E-state index contributed by atoms with van der Waals surface area (Å²) in [5.74, 6) is -3.48. The van der Waals surface area contributed by atoms with Gasteiger partial charge in [0.15, 0.2) is 0 Å². The van der Waals surface area contributed by atoms with E-state index in [0.29, 0.717) is 13.1 Å². The fourth-order valence-corrected chi connectivity index (χ4v) is 3.93. The highest BCUT2D eigenvalue weighted by Crippen LogP contribution is 2.46. The Morgan fingerprint density at radius 2 is 0.966 bits per heavy atom. The largest absolute Gasteiger partial charge is 0.465 e. The minimum Gasteiger partial charge on any atom is -0.465 e. The van der Waals surface area contributed by atoms with E-state index < -0.39 is 29.5 Å². The summed E-state index contributed by atoms with van der Waals surface area (Å²) in [6.07, 6.45) is 0. The van der Waals surface area contributed by atoms with Crippen LogP contribution in [0.5, 0.6) is 0 Å². The van der Waals surface area contributed by atoms with Crippen molar-refractivity contribution < 1.29 is 38.1 Å². The van der Waals surface area contributed by atoms with Crippen molar-refractivity contribution in [3.05, 3.63) is 22.5 Å². The lowest BCUT2D eigenvalue weighted by Crippen LogP contribution is -2.62. The predicted octanol–water partition coefficient (Wildman–Crippen LogP) is -1.29. The summed E-state index contributed by atoms with van der Waals surface area (Å²) in [4.78, 5) is 55.7. The van der Waals surface area contributed by atoms with E-state index in [-0.39, 0.29) is 22.5 Å². The Morgan fingerprint density at radius 3 is 1.24 bits per heavy atom. The van der Waals surface area contributed by atoms with Gasteiger partial charge in [-0.05, 0) is 14.1 Å². The van der Waals surface area contributed by atoms with Gasteiger partial charge in [-0.15, -0.1) is 0 Å². The molecule has 11 nitrogen and oxygen atoms in total. The summed E-state index contributed by atoms with van der Waals surface area (Å²) >= 11 is 0. The Labute approximate surface area is 168 Å². The zero-order chi connectivity index (χ0) is 22.1. The van der Waals surface area contributed by atoms with E-state index in [4.69, 9.17) is 18.9 Å². The minimum absolute atomic E-state index is 0.162. The molecular formula is C18H25N3O8. The first kappa shape index (κ1) is 22.4. The smallest absolute Gasteiger partial charge is 0.355 e. The fraction of sp³-hybridized carbons (Fsp3) is 0.556. The van der Waals surface area contributed by atoms with Gasteiger partial charge in [0.05, 0.1) is 28.4 Å². The molecule has 0 aromatic rings. The Hall–Kier alpha value is -2.92. The molecule has 0 aliphatic carbocycles. The minimum atomic E-state index is -1.61. The summed E-state index contributed by atoms with van der Waals surface area (Å²) in [6, 6.07) is 0. The average molecular weight is 411 g/mol. The zero-order valence-electron chi connectivity index (χ0n) is 17.5. The third-order valence-electron chi connectivity index (χ3n) is 5.25. The number of methoxy groups -OCH3 is 4. The second kappa shape index (κ2) is 8.21. The first-order chi connectivity index (χ1) is 13.6. The summed E-state index contributed by atoms with van der Waals surface area (Å²) < 4.78 is 19.6. The SMILES string of the molecule is COC(=O)C1=C(C(=O)OC)C2(C(C(=O)OC)=C(C(=O)OC)N1C)N(C)CCN2C. The van der Waals surface area contributed by atoms with E-state index in [9.17, 15) is 19.2 Å². The van der Waals surface area contributed by atoms with Crippen molar-refractivity contribution in [1.82, 2.24) is 14.7 Å². The van der Waals surface area contributed by atoms with Gasteiger partial charge in [0.1, 0.15) is 28.2 Å². The van der Waals surface area contributed by atoms with E-state index in [1.54, 1.807) is 23.9 Å². The molecule has 2 rings (SSSR count). The third-order valence-corrected chi connectivity index (χ3v) is 5.25. The van der Waals surface area contributed by atoms with Crippen molar-refractivity contribution in [2.75, 3.05) is 62.7 Å². The summed E-state index contributed by atoms with van der Waals surface area (Å²) in [7, 11) is 9.27. The van der Waals surface area contributed by atoms with Gasteiger partial charge in [-0.1, -0.05) is 0 Å². The molecule has 0 unspecified atom stereocenters. The van der Waals surface area contributed by atoms with Crippen molar-refractivity contribution in [3.63, 3.8) is 0 Å². The second-order valence-corrected chi connectivity index (χ2v) is 6.49. The van der Waals surface area contributed by atoms with Gasteiger partial charge in [-0.2, -0.15) is 0 Å². The molecule has 2 aliphatic rings. The van der Waals surface area contributed by atoms with Gasteiger partial charge in [0.25, 0.3) is 0 Å². The maximum atomic E-state index is 12.9. The van der Waals surface area contributed by atoms with Crippen LogP contribution in [0.4, 0.5) is 0 Å². The summed E-state index contributed by atoms with van der Waals surface area (Å²) in [6.45, 7) is 0.841. The molecule has 0 aromatic carbocycles. The van der Waals surface area contributed by atoms with E-state index in [1.165, 1.54) is 7.05 Å². The van der Waals surface area contributed by atoms with Crippen molar-refractivity contribution in [2.24, 2.45) is 0 Å². The lowest BCUT2D eigenvalue weighted by atomic mass is 9.82. The molecule has 0 aromatic heterocycles. The molecule has 2 aliphatic heterocycles. The Balaban J connectivity index is 3.10. The second-order valence-electron chi connectivity index (χ2n) is 6.49. The number of hydrogen-bond acceptors (Lipinski definition) is 11. The molecule has 11 heteroatoms. The molecular weight excluding hydrogens is 386 g/mol. The van der Waals surface area contributed by atoms with Gasteiger partial charge < -0.3 is 23.8 Å². The molecule has 0 saturated carbocycles. The number of hydrogen-bond donors (Lipinski definition) is 0. The number of likely N-dealkylation sites (N-methyl/N-ethyl adjacent to an activating group) is 3. The van der Waals surface area contributed by atoms with Crippen molar-refractivity contribution in [2.45, 2.75) is 5.66 Å². The van der Waals surface area contributed by atoms with Crippen LogP contribution in [0, 0.1) is 0 Å². The highest BCUT2D eigenvalue weighted by atomic mass is 16.5. The van der Waals surface area contributed by atoms with Gasteiger partial charge in [0, 0.05) is 20.1 Å². The summed E-state index contributed by atoms with van der Waals surface area (Å²) in [5, 5.41) is 0. The number of nitrogens with zero attached hydrogens (tertiary/aromatic N) is 3. The van der Waals surface area contributed by atoms with Gasteiger partial charge in [-0.3, -0.25) is 9.80 Å². The van der Waals surface area contributed by atoms with Crippen LogP contribution in [0.3, 0.4) is 0 Å². The van der Waals surface area contributed by atoms with Gasteiger partial charge in [-0.25, -0.2) is 19.2 Å². The van der Waals surface area contributed by atoms with Crippen LogP contribution >= 0.6 is 0 Å². The normalized spacial score (nSPS) is 19.5. The van der Waals surface area contributed by atoms with Crippen LogP contribution in [-0.2, 0) is 38.1 Å². The van der Waals surface area contributed by atoms with Gasteiger partial charge >= 0.3 is 23.9 Å². The van der Waals surface area contributed by atoms with Crippen LogP contribution in [-0.4, -0.2) is 107 Å². The van der Waals surface area contributed by atoms with Gasteiger partial charge in [0.2, 0.25) is 0 Å². The number of rotatable bonds is 4. The first-order valence-electron chi connectivity index (χ1n) is 8.63. The zero-order valence-corrected chi connectivity index (χ0v) is 17.5. The fourth-order valence-electron chi connectivity index (χ4n) is 3.93. The van der Waals surface area contributed by atoms with E-state index in [1.807, 2.05) is 0 Å². The van der Waals surface area contributed by atoms with Crippen LogP contribution in [0.1, 0.15) is 0 Å². The van der Waals surface area contributed by atoms with Crippen LogP contribution < -0.4 is 0 Å². The lowest BCUT2D eigenvalue weighted by Gasteiger charge is -2.47. The number of carbonyl (C=O) groups excluding carboxylic acids is 4. The molecule has 1 saturated heterocycles. The van der Waals surface area contributed by atoms with Crippen LogP contribution in [0.25, 0.3) is 0 Å². The molecule has 1 spiro atoms. The van der Waals surface area contributed by atoms with E-state index >= 15 is 0 Å². The predicted molar refractivity (Wildman–Crippen MR) is 97.9 cm³/mol. The maximum Gasteiger partial charge on any atom is 0.355 e. The third kappa shape index (κ3) is 3.06. The van der Waals surface area contributed by atoms with Crippen molar-refractivity contribution in [3.8, 4) is 0 Å². The highest BCUT2D eigenvalue weighted by Gasteiger charge is 2.61. The average Bonchev–Trinajstić information content (AvgIpc) is 3.01. The first-order valence-corrected chi connectivity index (χ1v) is 8.63. The Kier molecular flexibility index (Phi) is 6.34. The molecule has 160 valence electrons. The van der Waals surface area contributed by atoms with Crippen molar-refractivity contribution in [1.29, 1.82) is 0 Å². The van der Waals surface area contributed by atoms with Crippen molar-refractivity contribution >= 4 is 23.9 Å². The van der Waals surface area contributed by atoms with Crippen LogP contribution in [0.15, 0.2) is 22.5 Å². The molecule has 0 bridgehead atoms. The highest BCUT2D eigenvalue weighted by molar-refractivity contribution is 6.11. The number of esters is 4. The Morgan fingerprint density at radius 1 is 0.655 bits per heavy atom. The maximum absolute atomic E-state index is 12.9. The molecule has 2 heterocycles. The number of carbonyl (C=O) groups is 4. The topological polar surface area (TPSA) is 115 Å². The Bertz CT molecular complexity index is 750. The lowest BCUT2D eigenvalue weighted by molar-refractivity contribution is -0.147.